The number of hydrogen-bond acceptors (Lipinski definition) is 10. The Balaban J connectivity index is 0.872. The molecule has 0 spiro atoms. The van der Waals surface area contributed by atoms with Crippen LogP contribution in [0.5, 0.6) is 0 Å². The van der Waals surface area contributed by atoms with Gasteiger partial charge in [0.2, 0.25) is 23.1 Å². The van der Waals surface area contributed by atoms with E-state index >= 15 is 9.59 Å². The second kappa shape index (κ2) is 19.0. The quantitative estimate of drug-likeness (QED) is 0.0892. The van der Waals surface area contributed by atoms with E-state index in [9.17, 15) is 19.2 Å². The highest BCUT2D eigenvalue weighted by Gasteiger charge is 2.52. The summed E-state index contributed by atoms with van der Waals surface area (Å²) in [6.45, 7) is 9.83. The molecule has 4 aromatic carbocycles. The Bertz CT molecular complexity index is 3610. The number of unbranched alkanes of at least 4 members (excludes halogenated alkanes) is 2. The monoisotopic (exact) mass is 1100 g/mol. The smallest absolute Gasteiger partial charge is 0.261 e. The first kappa shape index (κ1) is 49.6. The first-order chi connectivity index (χ1) is 38.0. The first-order valence-electron chi connectivity index (χ1n) is 27.8. The van der Waals surface area contributed by atoms with Gasteiger partial charge in [-0.15, -0.1) is 45.3 Å². The topological polar surface area (TPSA) is 109 Å². The minimum Gasteiger partial charge on any atom is -0.306 e. The molecule has 4 aromatic heterocycles. The van der Waals surface area contributed by atoms with Crippen molar-refractivity contribution in [3.63, 3.8) is 0 Å². The summed E-state index contributed by atoms with van der Waals surface area (Å²) in [7, 11) is 0. The maximum absolute atomic E-state index is 15.7. The van der Waals surface area contributed by atoms with E-state index in [0.717, 1.165) is 145 Å². The zero-order chi connectivity index (χ0) is 53.4. The number of benzene rings is 4. The standard InChI is InChI=1S/C66H56N2O6S4/c1-5-9-15-33(7-3)31-67-59(47-23-21-45(75-47)51-27-35-25-41-43(29-49(35)77-51)55-39-19-13-11-17-37(39)53(41)61(69)63(55)71)57-58(65(67)73)60(68(66(57)74)32-34(8-4)16-10-6-2)48-24-22-46(76-48)52-28-36-26-42-44(30-50(36)78-52)56-40-20-14-12-18-38(40)54(42)62(70)64(56)72/h11-14,17-30,33-34,53-56H,5-10,15-16,31-32H2,1-4H3. The van der Waals surface area contributed by atoms with Gasteiger partial charge in [0.25, 0.3) is 11.8 Å². The molecule has 16 rings (SSSR count). The summed E-state index contributed by atoms with van der Waals surface area (Å²) >= 11 is 6.55. The van der Waals surface area contributed by atoms with Crippen LogP contribution in [0.4, 0.5) is 0 Å². The number of carbonyl (C=O) groups is 6. The summed E-state index contributed by atoms with van der Waals surface area (Å²) in [4.78, 5) is 95.1. The lowest BCUT2D eigenvalue weighted by Crippen LogP contribution is -2.40. The normalized spacial score (nSPS) is 20.7. The van der Waals surface area contributed by atoms with Crippen LogP contribution in [0.25, 0.3) is 51.1 Å². The molecule has 2 amide bonds. The van der Waals surface area contributed by atoms with E-state index in [-0.39, 0.29) is 46.8 Å². The van der Waals surface area contributed by atoms with E-state index in [1.807, 2.05) is 58.3 Å². The van der Waals surface area contributed by atoms with Crippen LogP contribution in [-0.2, 0) is 28.8 Å². The fourth-order valence-corrected chi connectivity index (χ4v) is 18.2. The number of thiophene rings is 4. The minimum absolute atomic E-state index is 0.119. The molecule has 8 aliphatic rings. The van der Waals surface area contributed by atoms with Gasteiger partial charge in [0.1, 0.15) is 0 Å². The van der Waals surface area contributed by atoms with Gasteiger partial charge in [0.05, 0.1) is 56.0 Å². The largest absolute Gasteiger partial charge is 0.306 e. The van der Waals surface area contributed by atoms with E-state index < -0.39 is 23.7 Å². The number of carbonyl (C=O) groups excluding carboxylic acids is 6. The highest BCUT2D eigenvalue weighted by atomic mass is 32.1. The summed E-state index contributed by atoms with van der Waals surface area (Å²) < 4.78 is 2.10. The third-order valence-electron chi connectivity index (χ3n) is 17.8. The minimum atomic E-state index is -0.590. The van der Waals surface area contributed by atoms with Crippen LogP contribution in [0.2, 0.25) is 0 Å². The average Bonchev–Trinajstić information content (AvgIpc) is 4.01. The van der Waals surface area contributed by atoms with Crippen molar-refractivity contribution in [1.29, 1.82) is 0 Å². The molecule has 6 heterocycles. The van der Waals surface area contributed by atoms with Crippen molar-refractivity contribution in [1.82, 2.24) is 9.80 Å². The highest BCUT2D eigenvalue weighted by molar-refractivity contribution is 7.27. The van der Waals surface area contributed by atoms with Gasteiger partial charge in [-0.1, -0.05) is 115 Å². The van der Waals surface area contributed by atoms with Crippen molar-refractivity contribution in [2.75, 3.05) is 13.1 Å². The van der Waals surface area contributed by atoms with Crippen LogP contribution in [0.1, 0.15) is 157 Å². The Morgan fingerprint density at radius 3 is 1.09 bits per heavy atom. The maximum atomic E-state index is 15.7. The van der Waals surface area contributed by atoms with Gasteiger partial charge in [0, 0.05) is 42.0 Å². The van der Waals surface area contributed by atoms with E-state index in [4.69, 9.17) is 0 Å². The van der Waals surface area contributed by atoms with Crippen molar-refractivity contribution < 1.29 is 28.8 Å². The van der Waals surface area contributed by atoms with Crippen molar-refractivity contribution >= 4 is 112 Å². The van der Waals surface area contributed by atoms with Crippen LogP contribution in [0.3, 0.4) is 0 Å². The molecule has 6 atom stereocenters. The predicted molar refractivity (Wildman–Crippen MR) is 314 cm³/mol. The number of Topliss-reactive ketones (excluding diaryl/α,β-unsaturated/α-hetero) is 4. The van der Waals surface area contributed by atoms with Gasteiger partial charge >= 0.3 is 0 Å². The fourth-order valence-electron chi connectivity index (χ4n) is 13.7. The molecule has 0 N–H and O–H groups in total. The highest BCUT2D eigenvalue weighted by Crippen LogP contribution is 2.56. The number of ketones is 4. The SMILES string of the molecule is CCCCC(CC)CN1C(=O)C2=C(c3ccc(-c4cc5cc6c(cc5s4)C4C(=O)C(=O)C6c5ccccc54)s3)N(CC(CC)CCCC)C(=O)C2=C1c1ccc(-c2cc3cc4c(cc3s2)C2C(=O)C(=O)C4c3ccccc32)s1. The molecule has 8 aromatic rings. The van der Waals surface area contributed by atoms with Crippen LogP contribution in [0.15, 0.2) is 120 Å². The molecule has 390 valence electrons. The van der Waals surface area contributed by atoms with E-state index in [1.165, 1.54) is 0 Å². The molecular formula is C66H56N2O6S4. The molecule has 0 saturated heterocycles. The van der Waals surface area contributed by atoms with Gasteiger partial charge in [-0.25, -0.2) is 0 Å². The van der Waals surface area contributed by atoms with Crippen LogP contribution >= 0.6 is 45.3 Å². The molecule has 8 nitrogen and oxygen atoms in total. The second-order valence-corrected chi connectivity index (χ2v) is 26.5. The van der Waals surface area contributed by atoms with E-state index in [2.05, 4.69) is 88.4 Å². The number of rotatable bonds is 16. The van der Waals surface area contributed by atoms with Gasteiger partial charge in [0.15, 0.2) is 0 Å². The Morgan fingerprint density at radius 1 is 0.397 bits per heavy atom. The average molecular weight is 1100 g/mol. The van der Waals surface area contributed by atoms with E-state index in [0.29, 0.717) is 35.6 Å². The Labute approximate surface area is 469 Å². The Hall–Kier alpha value is -6.70. The number of fused-ring (bicyclic) bond motifs is 5. The number of amides is 2. The van der Waals surface area contributed by atoms with Gasteiger partial charge in [-0.3, -0.25) is 28.8 Å². The molecule has 0 saturated carbocycles. The predicted octanol–water partition coefficient (Wildman–Crippen LogP) is 15.3. The second-order valence-electron chi connectivity index (χ2n) is 22.1. The molecule has 6 aliphatic carbocycles. The Morgan fingerprint density at radius 2 is 0.744 bits per heavy atom. The molecule has 0 radical (unpaired) electrons. The van der Waals surface area contributed by atoms with Crippen molar-refractivity contribution in [3.05, 3.63) is 175 Å². The number of nitrogens with zero attached hydrogens (tertiary/aromatic N) is 2. The zero-order valence-electron chi connectivity index (χ0n) is 43.9. The van der Waals surface area contributed by atoms with Crippen LogP contribution in [-0.4, -0.2) is 57.8 Å². The molecular weight excluding hydrogens is 1050 g/mol. The van der Waals surface area contributed by atoms with Crippen LogP contribution < -0.4 is 0 Å². The van der Waals surface area contributed by atoms with Crippen molar-refractivity contribution in [2.45, 2.75) is 103 Å². The first-order valence-corrected chi connectivity index (χ1v) is 31.1. The lowest BCUT2D eigenvalue weighted by atomic mass is 9.62. The molecule has 2 aliphatic heterocycles. The van der Waals surface area contributed by atoms with Crippen LogP contribution in [0, 0.1) is 11.8 Å². The molecule has 0 fully saturated rings. The van der Waals surface area contributed by atoms with E-state index in [1.54, 1.807) is 45.3 Å². The Kier molecular flexibility index (Phi) is 12.1. The third kappa shape index (κ3) is 7.38. The lowest BCUT2D eigenvalue weighted by Gasteiger charge is -2.37. The maximum Gasteiger partial charge on any atom is 0.261 e. The summed E-state index contributed by atoms with van der Waals surface area (Å²) in [5.41, 5.74) is 9.80. The number of hydrogen-bond donors (Lipinski definition) is 0. The molecule has 78 heavy (non-hydrogen) atoms. The molecule has 12 heteroatoms. The molecule has 4 bridgehead atoms. The van der Waals surface area contributed by atoms with Crippen molar-refractivity contribution in [3.8, 4) is 19.5 Å². The zero-order valence-corrected chi connectivity index (χ0v) is 47.2. The summed E-state index contributed by atoms with van der Waals surface area (Å²) in [6.07, 6.45) is 8.02. The van der Waals surface area contributed by atoms with Gasteiger partial charge in [-0.2, -0.15) is 0 Å². The summed E-state index contributed by atoms with van der Waals surface area (Å²) in [6, 6.07) is 37.0. The lowest BCUT2D eigenvalue weighted by molar-refractivity contribution is -0.138. The van der Waals surface area contributed by atoms with Crippen molar-refractivity contribution in [2.24, 2.45) is 11.8 Å². The summed E-state index contributed by atoms with van der Waals surface area (Å²) in [5.74, 6) is -3.41. The van der Waals surface area contributed by atoms with Gasteiger partial charge in [-0.05, 0) is 141 Å². The fraction of sp³-hybridized carbons (Fsp3) is 0.303. The van der Waals surface area contributed by atoms with Gasteiger partial charge < -0.3 is 9.80 Å². The summed E-state index contributed by atoms with van der Waals surface area (Å²) in [5, 5.41) is 2.05. The molecule has 6 unspecified atom stereocenters. The third-order valence-corrected chi connectivity index (χ3v) is 22.5.